The van der Waals surface area contributed by atoms with Gasteiger partial charge in [-0.2, -0.15) is 4.31 Å². The van der Waals surface area contributed by atoms with Crippen molar-refractivity contribution < 1.29 is 22.4 Å². The first-order chi connectivity index (χ1) is 12.7. The lowest BCUT2D eigenvalue weighted by Crippen LogP contribution is -2.64. The van der Waals surface area contributed by atoms with E-state index in [4.69, 9.17) is 5.41 Å². The molecule has 9 nitrogen and oxygen atoms in total. The average Bonchev–Trinajstić information content (AvgIpc) is 2.65. The summed E-state index contributed by atoms with van der Waals surface area (Å²) in [5.41, 5.74) is 0.390. The summed E-state index contributed by atoms with van der Waals surface area (Å²) in [6.07, 6.45) is 0. The number of carbonyl (C=O) groups excluding carboxylic acids is 2. The van der Waals surface area contributed by atoms with E-state index in [0.29, 0.717) is 10.6 Å². The molecule has 0 aromatic heterocycles. The van der Waals surface area contributed by atoms with E-state index in [1.165, 1.54) is 20.2 Å². The molecule has 0 spiro atoms. The Morgan fingerprint density at radius 2 is 1.63 bits per heavy atom. The summed E-state index contributed by atoms with van der Waals surface area (Å²) in [5.74, 6) is -1.90. The quantitative estimate of drug-likeness (QED) is 0.782. The van der Waals surface area contributed by atoms with E-state index in [9.17, 15) is 22.4 Å². The number of amides is 3. The van der Waals surface area contributed by atoms with Gasteiger partial charge in [-0.3, -0.25) is 20.0 Å². The van der Waals surface area contributed by atoms with E-state index in [-0.39, 0.29) is 32.0 Å². The van der Waals surface area contributed by atoms with Gasteiger partial charge in [0.15, 0.2) is 0 Å². The van der Waals surface area contributed by atoms with E-state index in [1.54, 1.807) is 23.1 Å². The minimum Gasteiger partial charge on any atom is -0.367 e. The topological polar surface area (TPSA) is 105 Å². The Morgan fingerprint density at radius 1 is 1.04 bits per heavy atom. The van der Waals surface area contributed by atoms with Gasteiger partial charge in [0.05, 0.1) is 5.69 Å². The molecule has 0 saturated carbocycles. The highest BCUT2D eigenvalue weighted by Crippen LogP contribution is 2.24. The third kappa shape index (κ3) is 3.16. The van der Waals surface area contributed by atoms with Crippen LogP contribution in [0.5, 0.6) is 0 Å². The summed E-state index contributed by atoms with van der Waals surface area (Å²) in [6, 6.07) is 5.49. The van der Waals surface area contributed by atoms with Crippen molar-refractivity contribution in [3.63, 3.8) is 0 Å². The lowest BCUT2D eigenvalue weighted by molar-refractivity contribution is -0.126. The van der Waals surface area contributed by atoms with Gasteiger partial charge in [0.1, 0.15) is 11.7 Å². The Hall–Kier alpha value is -2.53. The Balaban J connectivity index is 1.79. The Bertz CT molecular complexity index is 874. The zero-order chi connectivity index (χ0) is 19.9. The first kappa shape index (κ1) is 19.2. The smallest absolute Gasteiger partial charge is 0.331 e. The lowest BCUT2D eigenvalue weighted by Gasteiger charge is -2.39. The number of carbonyl (C=O) groups is 2. The van der Waals surface area contributed by atoms with Crippen molar-refractivity contribution in [2.75, 3.05) is 45.2 Å². The number of sulfonamides is 1. The summed E-state index contributed by atoms with van der Waals surface area (Å²) >= 11 is 0. The molecule has 2 saturated heterocycles. The van der Waals surface area contributed by atoms with Gasteiger partial charge in [0.2, 0.25) is 15.3 Å². The molecule has 11 heteroatoms. The summed E-state index contributed by atoms with van der Waals surface area (Å²) < 4.78 is 41.0. The van der Waals surface area contributed by atoms with Crippen LogP contribution in [0.25, 0.3) is 0 Å². The predicted octanol–water partition coefficient (Wildman–Crippen LogP) is 0.147. The van der Waals surface area contributed by atoms with Crippen LogP contribution in [-0.4, -0.2) is 85.8 Å². The standard InChI is InChI=1S/C16H20FN5O4S/c1-19-14(18)13(15(23)20(2)16(19)24)27(25,26)22-9-7-21(8-10-22)12-6-4-3-5-11(12)17/h3-6,13,18H,7-10H2,1-2H3. The number of nitrogens with one attached hydrogen (secondary N) is 1. The van der Waals surface area contributed by atoms with Crippen molar-refractivity contribution in [1.82, 2.24) is 14.1 Å². The second-order valence-electron chi connectivity index (χ2n) is 6.39. The number of hydrogen-bond donors (Lipinski definition) is 1. The molecule has 0 bridgehead atoms. The molecule has 2 heterocycles. The molecular formula is C16H20FN5O4S. The molecule has 0 aliphatic carbocycles. The van der Waals surface area contributed by atoms with Gasteiger partial charge in [-0.25, -0.2) is 17.6 Å². The zero-order valence-electron chi connectivity index (χ0n) is 14.9. The molecule has 1 aromatic rings. The average molecular weight is 397 g/mol. The fourth-order valence-corrected chi connectivity index (χ4v) is 5.02. The van der Waals surface area contributed by atoms with E-state index >= 15 is 0 Å². The molecule has 1 N–H and O–H groups in total. The van der Waals surface area contributed by atoms with Crippen LogP contribution in [0.1, 0.15) is 0 Å². The highest BCUT2D eigenvalue weighted by Gasteiger charge is 2.50. The number of nitrogens with zero attached hydrogens (tertiary/aromatic N) is 4. The third-order valence-electron chi connectivity index (χ3n) is 4.83. The predicted molar refractivity (Wildman–Crippen MR) is 96.5 cm³/mol. The molecule has 1 aromatic carbocycles. The SMILES string of the molecule is CN1C(=N)C(S(=O)(=O)N2CCN(c3ccccc3F)CC2)C(=O)N(C)C1=O. The van der Waals surface area contributed by atoms with Crippen LogP contribution < -0.4 is 4.90 Å². The summed E-state index contributed by atoms with van der Waals surface area (Å²) in [4.78, 5) is 27.5. The molecule has 2 fully saturated rings. The summed E-state index contributed by atoms with van der Waals surface area (Å²) in [6.45, 7) is 0.599. The molecule has 27 heavy (non-hydrogen) atoms. The molecular weight excluding hydrogens is 377 g/mol. The first-order valence-electron chi connectivity index (χ1n) is 8.28. The molecule has 1 unspecified atom stereocenters. The Morgan fingerprint density at radius 3 is 2.22 bits per heavy atom. The number of anilines is 1. The van der Waals surface area contributed by atoms with Crippen LogP contribution in [-0.2, 0) is 14.8 Å². The minimum absolute atomic E-state index is 0.0507. The molecule has 146 valence electrons. The molecule has 2 aliphatic heterocycles. The monoisotopic (exact) mass is 397 g/mol. The maximum absolute atomic E-state index is 13.9. The van der Waals surface area contributed by atoms with Gasteiger partial charge >= 0.3 is 6.03 Å². The fourth-order valence-electron chi connectivity index (χ4n) is 3.20. The van der Waals surface area contributed by atoms with Crippen LogP contribution in [0, 0.1) is 11.2 Å². The number of imide groups is 1. The minimum atomic E-state index is -4.19. The van der Waals surface area contributed by atoms with Crippen LogP contribution in [0.4, 0.5) is 14.9 Å². The Kier molecular flexibility index (Phi) is 4.91. The number of rotatable bonds is 3. The van der Waals surface area contributed by atoms with Crippen LogP contribution >= 0.6 is 0 Å². The van der Waals surface area contributed by atoms with Crippen molar-refractivity contribution in [2.24, 2.45) is 0 Å². The molecule has 1 atom stereocenters. The Labute approximate surface area is 156 Å². The van der Waals surface area contributed by atoms with Crippen LogP contribution in [0.2, 0.25) is 0 Å². The third-order valence-corrected chi connectivity index (χ3v) is 6.93. The van der Waals surface area contributed by atoms with Gasteiger partial charge in [-0.1, -0.05) is 12.1 Å². The second-order valence-corrected chi connectivity index (χ2v) is 8.40. The van der Waals surface area contributed by atoms with E-state index in [0.717, 1.165) is 9.21 Å². The van der Waals surface area contributed by atoms with E-state index in [1.807, 2.05) is 0 Å². The normalized spacial score (nSPS) is 22.6. The van der Waals surface area contributed by atoms with Gasteiger partial charge < -0.3 is 4.90 Å². The number of piperazine rings is 1. The molecule has 2 aliphatic rings. The number of amidine groups is 1. The largest absolute Gasteiger partial charge is 0.367 e. The highest BCUT2D eigenvalue weighted by molar-refractivity contribution is 7.91. The number of benzene rings is 1. The van der Waals surface area contributed by atoms with Crippen molar-refractivity contribution in [3.8, 4) is 0 Å². The van der Waals surface area contributed by atoms with E-state index in [2.05, 4.69) is 0 Å². The van der Waals surface area contributed by atoms with Crippen LogP contribution in [0.15, 0.2) is 24.3 Å². The number of para-hydroxylation sites is 1. The van der Waals surface area contributed by atoms with Crippen molar-refractivity contribution >= 4 is 33.5 Å². The number of hydrogen-bond acceptors (Lipinski definition) is 6. The highest BCUT2D eigenvalue weighted by atomic mass is 32.2. The van der Waals surface area contributed by atoms with E-state index < -0.39 is 33.0 Å². The van der Waals surface area contributed by atoms with Gasteiger partial charge in [-0.05, 0) is 12.1 Å². The number of halogens is 1. The fraction of sp³-hybridized carbons (Fsp3) is 0.438. The van der Waals surface area contributed by atoms with Crippen LogP contribution in [0.3, 0.4) is 0 Å². The lowest BCUT2D eigenvalue weighted by atomic mass is 10.2. The maximum Gasteiger partial charge on any atom is 0.331 e. The van der Waals surface area contributed by atoms with Gasteiger partial charge in [0.25, 0.3) is 5.91 Å². The second kappa shape index (κ2) is 6.89. The summed E-state index contributed by atoms with van der Waals surface area (Å²) in [7, 11) is -1.74. The molecule has 0 radical (unpaired) electrons. The van der Waals surface area contributed by atoms with Crippen molar-refractivity contribution in [3.05, 3.63) is 30.1 Å². The maximum atomic E-state index is 13.9. The van der Waals surface area contributed by atoms with Crippen molar-refractivity contribution in [2.45, 2.75) is 5.25 Å². The first-order valence-corrected chi connectivity index (χ1v) is 9.78. The summed E-state index contributed by atoms with van der Waals surface area (Å²) in [5, 5.41) is 6.21. The van der Waals surface area contributed by atoms with Gasteiger partial charge in [-0.15, -0.1) is 0 Å². The van der Waals surface area contributed by atoms with Crippen molar-refractivity contribution in [1.29, 1.82) is 5.41 Å². The zero-order valence-corrected chi connectivity index (χ0v) is 15.7. The molecule has 3 rings (SSSR count). The molecule has 3 amide bonds. The van der Waals surface area contributed by atoms with Gasteiger partial charge in [0, 0.05) is 40.3 Å². The number of urea groups is 1.